The summed E-state index contributed by atoms with van der Waals surface area (Å²) in [4.78, 5) is 2.41. The molecule has 1 fully saturated rings. The number of nitrogens with two attached hydrogens (primary N) is 1. The summed E-state index contributed by atoms with van der Waals surface area (Å²) in [6.07, 6.45) is 2.48. The lowest BCUT2D eigenvalue weighted by molar-refractivity contribution is -0.0398. The first kappa shape index (κ1) is 11.0. The molecule has 1 heterocycles. The predicted molar refractivity (Wildman–Crippen MR) is 54.7 cm³/mol. The van der Waals surface area contributed by atoms with Crippen molar-refractivity contribution >= 4 is 0 Å². The first-order chi connectivity index (χ1) is 6.27. The molecule has 0 amide bonds. The molecule has 2 atom stereocenters. The van der Waals surface area contributed by atoms with Crippen molar-refractivity contribution in [2.75, 3.05) is 26.2 Å². The number of nitrogens with zero attached hydrogens (tertiary/aromatic N) is 1. The first-order valence-electron chi connectivity index (χ1n) is 5.37. The van der Waals surface area contributed by atoms with Gasteiger partial charge in [0.05, 0.1) is 12.7 Å². The lowest BCUT2D eigenvalue weighted by atomic mass is 10.1. The van der Waals surface area contributed by atoms with Gasteiger partial charge in [0.2, 0.25) is 0 Å². The highest BCUT2D eigenvalue weighted by Gasteiger charge is 2.24. The third-order valence-electron chi connectivity index (χ3n) is 2.72. The van der Waals surface area contributed by atoms with Crippen LogP contribution in [0.5, 0.6) is 0 Å². The van der Waals surface area contributed by atoms with Crippen LogP contribution in [-0.2, 0) is 4.74 Å². The summed E-state index contributed by atoms with van der Waals surface area (Å²) >= 11 is 0. The summed E-state index contributed by atoms with van der Waals surface area (Å²) in [5.41, 5.74) is 6.02. The van der Waals surface area contributed by atoms with Crippen LogP contribution in [-0.4, -0.2) is 43.3 Å². The zero-order valence-corrected chi connectivity index (χ0v) is 8.83. The normalized spacial score (nSPS) is 27.5. The van der Waals surface area contributed by atoms with Crippen LogP contribution in [0, 0.1) is 0 Å². The Morgan fingerprint density at radius 2 is 2.31 bits per heavy atom. The third kappa shape index (κ3) is 3.25. The molecule has 0 spiro atoms. The van der Waals surface area contributed by atoms with Crippen molar-refractivity contribution in [2.45, 2.75) is 38.8 Å². The van der Waals surface area contributed by atoms with Crippen LogP contribution in [0.3, 0.4) is 0 Å². The van der Waals surface area contributed by atoms with Crippen LogP contribution in [0.4, 0.5) is 0 Å². The predicted octanol–water partition coefficient (Wildman–Crippen LogP) is 0.834. The van der Waals surface area contributed by atoms with Crippen molar-refractivity contribution in [2.24, 2.45) is 5.73 Å². The zero-order valence-electron chi connectivity index (χ0n) is 8.83. The molecule has 3 heteroatoms. The van der Waals surface area contributed by atoms with Crippen molar-refractivity contribution in [1.82, 2.24) is 4.90 Å². The average molecular weight is 186 g/mol. The molecule has 1 aliphatic rings. The van der Waals surface area contributed by atoms with Crippen molar-refractivity contribution in [3.63, 3.8) is 0 Å². The number of hydrogen-bond donors (Lipinski definition) is 1. The second-order valence-corrected chi connectivity index (χ2v) is 3.76. The van der Waals surface area contributed by atoms with E-state index in [-0.39, 0.29) is 12.1 Å². The van der Waals surface area contributed by atoms with Crippen LogP contribution >= 0.6 is 0 Å². The fourth-order valence-electron chi connectivity index (χ4n) is 1.80. The number of morpholine rings is 1. The summed E-state index contributed by atoms with van der Waals surface area (Å²) in [5, 5.41) is 0. The Kier molecular flexibility index (Phi) is 4.70. The standard InChI is InChI=1S/C10H22N2O/c1-3-5-9(11)10-8-12(4-2)6-7-13-10/h9-10H,3-8,11H2,1-2H3. The van der Waals surface area contributed by atoms with E-state index in [1.165, 1.54) is 0 Å². The van der Waals surface area contributed by atoms with Gasteiger partial charge in [-0.2, -0.15) is 0 Å². The number of likely N-dealkylation sites (N-methyl/N-ethyl adjacent to an activating group) is 1. The summed E-state index contributed by atoms with van der Waals surface area (Å²) in [6.45, 7) is 8.38. The van der Waals surface area contributed by atoms with Crippen LogP contribution < -0.4 is 5.73 Å². The van der Waals surface area contributed by atoms with Crippen molar-refractivity contribution in [1.29, 1.82) is 0 Å². The number of rotatable bonds is 4. The van der Waals surface area contributed by atoms with E-state index in [0.29, 0.717) is 0 Å². The molecule has 13 heavy (non-hydrogen) atoms. The average Bonchev–Trinajstić information content (AvgIpc) is 2.18. The smallest absolute Gasteiger partial charge is 0.0853 e. The van der Waals surface area contributed by atoms with Gasteiger partial charge in [-0.25, -0.2) is 0 Å². The second kappa shape index (κ2) is 5.58. The van der Waals surface area contributed by atoms with Crippen molar-refractivity contribution < 1.29 is 4.74 Å². The van der Waals surface area contributed by atoms with Gasteiger partial charge in [-0.05, 0) is 13.0 Å². The Labute approximate surface area is 81.2 Å². The Hall–Kier alpha value is -0.120. The molecular formula is C10H22N2O. The molecule has 2 N–H and O–H groups in total. The Bertz CT molecular complexity index is 141. The molecule has 1 aliphatic heterocycles. The molecule has 0 saturated carbocycles. The minimum absolute atomic E-state index is 0.222. The van der Waals surface area contributed by atoms with E-state index in [2.05, 4.69) is 18.7 Å². The number of hydrogen-bond acceptors (Lipinski definition) is 3. The molecule has 0 radical (unpaired) electrons. The molecule has 2 unspecified atom stereocenters. The van der Waals surface area contributed by atoms with E-state index < -0.39 is 0 Å². The molecule has 1 saturated heterocycles. The van der Waals surface area contributed by atoms with Gasteiger partial charge in [-0.1, -0.05) is 20.3 Å². The highest BCUT2D eigenvalue weighted by molar-refractivity contribution is 4.79. The summed E-state index contributed by atoms with van der Waals surface area (Å²) < 4.78 is 5.66. The van der Waals surface area contributed by atoms with E-state index in [4.69, 9.17) is 10.5 Å². The third-order valence-corrected chi connectivity index (χ3v) is 2.72. The van der Waals surface area contributed by atoms with Gasteiger partial charge in [0.15, 0.2) is 0 Å². The molecule has 3 nitrogen and oxygen atoms in total. The quantitative estimate of drug-likeness (QED) is 0.707. The van der Waals surface area contributed by atoms with E-state index in [1.807, 2.05) is 0 Å². The van der Waals surface area contributed by atoms with E-state index in [0.717, 1.165) is 39.1 Å². The molecule has 0 aromatic carbocycles. The zero-order chi connectivity index (χ0) is 9.68. The van der Waals surface area contributed by atoms with Gasteiger partial charge in [-0.15, -0.1) is 0 Å². The highest BCUT2D eigenvalue weighted by Crippen LogP contribution is 2.10. The molecule has 0 bridgehead atoms. The van der Waals surface area contributed by atoms with E-state index in [9.17, 15) is 0 Å². The first-order valence-corrected chi connectivity index (χ1v) is 5.37. The Balaban J connectivity index is 2.32. The maximum atomic E-state index is 6.02. The van der Waals surface area contributed by atoms with Gasteiger partial charge in [0.25, 0.3) is 0 Å². The minimum Gasteiger partial charge on any atom is -0.374 e. The second-order valence-electron chi connectivity index (χ2n) is 3.76. The van der Waals surface area contributed by atoms with Gasteiger partial charge in [-0.3, -0.25) is 4.90 Å². The summed E-state index contributed by atoms with van der Waals surface area (Å²) in [5.74, 6) is 0. The fourth-order valence-corrected chi connectivity index (χ4v) is 1.80. The topological polar surface area (TPSA) is 38.5 Å². The lowest BCUT2D eigenvalue weighted by Crippen LogP contribution is -2.50. The van der Waals surface area contributed by atoms with Crippen molar-refractivity contribution in [3.05, 3.63) is 0 Å². The van der Waals surface area contributed by atoms with E-state index in [1.54, 1.807) is 0 Å². The Morgan fingerprint density at radius 1 is 1.54 bits per heavy atom. The molecule has 0 aliphatic carbocycles. The fraction of sp³-hybridized carbons (Fsp3) is 1.00. The largest absolute Gasteiger partial charge is 0.374 e. The van der Waals surface area contributed by atoms with Gasteiger partial charge in [0, 0.05) is 19.1 Å². The summed E-state index contributed by atoms with van der Waals surface area (Å²) in [7, 11) is 0. The SMILES string of the molecule is CCCC(N)C1CN(CC)CCO1. The lowest BCUT2D eigenvalue weighted by Gasteiger charge is -2.35. The van der Waals surface area contributed by atoms with Crippen LogP contribution in [0.15, 0.2) is 0 Å². The molecular weight excluding hydrogens is 164 g/mol. The minimum atomic E-state index is 0.222. The van der Waals surface area contributed by atoms with Gasteiger partial charge in [0.1, 0.15) is 0 Å². The van der Waals surface area contributed by atoms with Crippen molar-refractivity contribution in [3.8, 4) is 0 Å². The summed E-state index contributed by atoms with van der Waals surface area (Å²) in [6, 6.07) is 0.222. The molecule has 1 rings (SSSR count). The van der Waals surface area contributed by atoms with Crippen LogP contribution in [0.25, 0.3) is 0 Å². The molecule has 78 valence electrons. The highest BCUT2D eigenvalue weighted by atomic mass is 16.5. The molecule has 0 aromatic rings. The van der Waals surface area contributed by atoms with Crippen LogP contribution in [0.2, 0.25) is 0 Å². The monoisotopic (exact) mass is 186 g/mol. The number of ether oxygens (including phenoxy) is 1. The maximum absolute atomic E-state index is 6.02. The Morgan fingerprint density at radius 3 is 2.92 bits per heavy atom. The maximum Gasteiger partial charge on any atom is 0.0853 e. The van der Waals surface area contributed by atoms with Crippen LogP contribution in [0.1, 0.15) is 26.7 Å². The van der Waals surface area contributed by atoms with Gasteiger partial charge >= 0.3 is 0 Å². The van der Waals surface area contributed by atoms with E-state index >= 15 is 0 Å². The molecule has 0 aromatic heterocycles. The van der Waals surface area contributed by atoms with Gasteiger partial charge < -0.3 is 10.5 Å².